The summed E-state index contributed by atoms with van der Waals surface area (Å²) in [7, 11) is 0. The molecular formula is C83H147N3O27. The molecule has 3 amide bonds. The second-order valence-electron chi connectivity index (χ2n) is 33.2. The van der Waals surface area contributed by atoms with Gasteiger partial charge in [0.1, 0.15) is 65.5 Å². The average molecular weight is 1620 g/mol. The fourth-order valence-corrected chi connectivity index (χ4v) is 14.6. The molecule has 113 heavy (non-hydrogen) atoms. The van der Waals surface area contributed by atoms with Crippen LogP contribution >= 0.6 is 0 Å². The molecule has 4 saturated heterocycles. The van der Waals surface area contributed by atoms with Crippen LogP contribution in [0.5, 0.6) is 0 Å². The highest BCUT2D eigenvalue weighted by molar-refractivity contribution is 5.81. The summed E-state index contributed by atoms with van der Waals surface area (Å²) in [5.41, 5.74) is -1.37. The van der Waals surface area contributed by atoms with Gasteiger partial charge in [-0.3, -0.25) is 38.4 Å². The van der Waals surface area contributed by atoms with Crippen LogP contribution < -0.4 is 10.6 Å². The first kappa shape index (κ1) is 101. The number of ether oxygens (including phenoxy) is 9. The number of hydrogen-bond acceptors (Lipinski definition) is 27. The Morgan fingerprint density at radius 2 is 0.735 bits per heavy atom. The molecule has 0 saturated carbocycles. The van der Waals surface area contributed by atoms with Gasteiger partial charge in [-0.15, -0.1) is 0 Å². The van der Waals surface area contributed by atoms with E-state index in [0.29, 0.717) is 148 Å². The highest BCUT2D eigenvalue weighted by atomic mass is 16.7. The van der Waals surface area contributed by atoms with Gasteiger partial charge in [0.15, 0.2) is 18.9 Å². The van der Waals surface area contributed by atoms with Crippen LogP contribution in [0.15, 0.2) is 0 Å². The van der Waals surface area contributed by atoms with Crippen molar-refractivity contribution in [2.45, 2.75) is 364 Å². The van der Waals surface area contributed by atoms with E-state index in [1.807, 2.05) is 20.8 Å². The minimum Gasteiger partial charge on any atom is -0.394 e. The number of hydrogen-bond donors (Lipinski definition) is 12. The van der Waals surface area contributed by atoms with Crippen LogP contribution in [-0.2, 0) is 81.0 Å². The van der Waals surface area contributed by atoms with Gasteiger partial charge in [-0.05, 0) is 117 Å². The van der Waals surface area contributed by atoms with Gasteiger partial charge in [-0.1, -0.05) is 72.1 Å². The van der Waals surface area contributed by atoms with Crippen molar-refractivity contribution in [3.8, 4) is 0 Å². The maximum absolute atomic E-state index is 14.2. The molecule has 4 heterocycles. The van der Waals surface area contributed by atoms with Crippen LogP contribution in [0.25, 0.3) is 0 Å². The lowest BCUT2D eigenvalue weighted by Gasteiger charge is -2.40. The smallest absolute Gasteiger partial charge is 0.222 e. The molecule has 4 fully saturated rings. The molecule has 17 atom stereocenters. The third kappa shape index (κ3) is 41.0. The zero-order valence-corrected chi connectivity index (χ0v) is 69.0. The number of rotatable bonds is 65. The number of ketones is 5. The molecule has 0 aromatic heterocycles. The van der Waals surface area contributed by atoms with Crippen LogP contribution in [0.4, 0.5) is 0 Å². The number of nitrogens with one attached hydrogen (secondary N) is 2. The van der Waals surface area contributed by atoms with Crippen molar-refractivity contribution in [3.05, 3.63) is 0 Å². The molecule has 4 aliphatic heterocycles. The molecule has 30 heteroatoms. The van der Waals surface area contributed by atoms with Gasteiger partial charge in [0.25, 0.3) is 0 Å². The van der Waals surface area contributed by atoms with Crippen molar-refractivity contribution >= 4 is 46.6 Å². The number of carbonyl (C=O) groups is 8. The summed E-state index contributed by atoms with van der Waals surface area (Å²) in [6.07, 6.45) is 5.44. The molecule has 4 aliphatic rings. The number of nitrogens with zero attached hydrogens (tertiary/aromatic N) is 1. The van der Waals surface area contributed by atoms with Crippen LogP contribution in [0.3, 0.4) is 0 Å². The van der Waals surface area contributed by atoms with Gasteiger partial charge in [-0.2, -0.15) is 0 Å². The third-order valence-corrected chi connectivity index (χ3v) is 22.1. The van der Waals surface area contributed by atoms with E-state index >= 15 is 0 Å². The lowest BCUT2D eigenvalue weighted by molar-refractivity contribution is -0.282. The van der Waals surface area contributed by atoms with E-state index in [4.69, 9.17) is 42.6 Å². The average Bonchev–Trinajstić information content (AvgIpc) is 1.71. The molecule has 0 aromatic carbocycles. The van der Waals surface area contributed by atoms with Crippen LogP contribution in [0, 0.1) is 23.2 Å². The topological polar surface area (TPSA) is 449 Å². The molecule has 0 radical (unpaired) electrons. The van der Waals surface area contributed by atoms with Crippen molar-refractivity contribution in [1.29, 1.82) is 0 Å². The molecular weight excluding hydrogens is 1470 g/mol. The number of β-amino-alcohol motifs (C(OH)–C–C–N with tert-alkyl or cyclic N) is 1. The number of carbonyl (C=O) groups excluding carboxylic acids is 8. The van der Waals surface area contributed by atoms with E-state index in [2.05, 4.69) is 10.6 Å². The van der Waals surface area contributed by atoms with Crippen molar-refractivity contribution in [3.63, 3.8) is 0 Å². The van der Waals surface area contributed by atoms with Crippen molar-refractivity contribution in [2.24, 2.45) is 23.2 Å². The second-order valence-corrected chi connectivity index (χ2v) is 33.2. The van der Waals surface area contributed by atoms with Gasteiger partial charge in [0, 0.05) is 146 Å². The monoisotopic (exact) mass is 1620 g/mol. The molecule has 656 valence electrons. The molecule has 0 aliphatic carbocycles. The number of aliphatic hydroxyl groups is 10. The highest BCUT2D eigenvalue weighted by Crippen LogP contribution is 2.34. The predicted octanol–water partition coefficient (Wildman–Crippen LogP) is 5.79. The molecule has 0 bridgehead atoms. The zero-order valence-electron chi connectivity index (χ0n) is 69.0. The SMILES string of the molecule is CC1C(OCCCCC(=O)CCCCCC(=O)CCOCC(CCC(=O)NCCCNC(=O)CCCCOC2OC(CO)C(O)C(O)C2C)(COCCC(=O)CCCCCC(=O)CCCCOC2OC(CO)C(O)C(O)C2C)CC(=O)CCCCCCCCCCC(=O)N2C[C@H](O)C[C@H]2COC(C)(C)C)OC(CO)C(O)C1O. The van der Waals surface area contributed by atoms with Crippen molar-refractivity contribution in [2.75, 3.05) is 92.3 Å². The molecule has 0 spiro atoms. The Kier molecular flexibility index (Phi) is 51.3. The summed E-state index contributed by atoms with van der Waals surface area (Å²) in [4.78, 5) is 108. The number of Topliss-reactive ketones (excluding diaryl/α,β-unsaturated/α-hetero) is 5. The Balaban J connectivity index is 1.29. The Labute approximate surface area is 671 Å². The number of likely N-dealkylation sites (tertiary alicyclic amines) is 1. The lowest BCUT2D eigenvalue weighted by Crippen LogP contribution is -2.55. The first-order valence-electron chi connectivity index (χ1n) is 42.6. The van der Waals surface area contributed by atoms with E-state index in [9.17, 15) is 89.4 Å². The number of amides is 3. The predicted molar refractivity (Wildman–Crippen MR) is 417 cm³/mol. The minimum atomic E-state index is -1.24. The van der Waals surface area contributed by atoms with Crippen LogP contribution in [-0.4, -0.2) is 286 Å². The Morgan fingerprint density at radius 3 is 1.12 bits per heavy atom. The molecule has 4 rings (SSSR count). The zero-order chi connectivity index (χ0) is 83.1. The standard InChI is InChI=1S/C83H147N3O27/c1-57-73(99)76(102)67(51-87)111-79(57)107-43-24-21-32-61(90)28-16-13-18-30-63(92)38-46-105-55-83(40-37-71(97)85-42-27-41-84-70(96)35-23-26-45-109-81-59(3)75(101)78(104)69(53-89)113-81,49-65(94)34-15-11-9-7-8-10-12-20-36-72(98)86-50-66(95)48-60(86)54-110-82(4,5)6)56-106-47-39-64(93)31-19-14-17-29-62(91)33-22-25-44-108-80-58(2)74(100)77(103)68(52-88)112-80/h57-60,66-69,73-81,87-89,95,99-104H,7-56H2,1-6H3,(H,84,96)(H,85,97)/t57?,58?,59?,60-,66+,67?,68?,69?,73?,74?,75?,76?,77?,78?,79?,80?,81?,83?/m0/s1. The number of aliphatic hydroxyl groups excluding tert-OH is 10. The van der Waals surface area contributed by atoms with Crippen LogP contribution in [0.1, 0.15) is 273 Å². The molecule has 12 N–H and O–H groups in total. The first-order chi connectivity index (χ1) is 54.0. The summed E-state index contributed by atoms with van der Waals surface area (Å²) >= 11 is 0. The Morgan fingerprint density at radius 1 is 0.398 bits per heavy atom. The van der Waals surface area contributed by atoms with Crippen LogP contribution in [0.2, 0.25) is 0 Å². The fourth-order valence-electron chi connectivity index (χ4n) is 14.6. The largest absolute Gasteiger partial charge is 0.394 e. The maximum atomic E-state index is 14.2. The van der Waals surface area contributed by atoms with Gasteiger partial charge < -0.3 is 109 Å². The van der Waals surface area contributed by atoms with Crippen molar-refractivity contribution in [1.82, 2.24) is 15.5 Å². The minimum absolute atomic E-state index is 0.00673. The normalized spacial score (nSPS) is 26.6. The summed E-state index contributed by atoms with van der Waals surface area (Å²) in [6.45, 7) is 11.7. The second kappa shape index (κ2) is 57.2. The highest BCUT2D eigenvalue weighted by Gasteiger charge is 2.45. The van der Waals surface area contributed by atoms with Gasteiger partial charge in [0.2, 0.25) is 17.7 Å². The summed E-state index contributed by atoms with van der Waals surface area (Å²) < 4.78 is 52.7. The fraction of sp³-hybridized carbons (Fsp3) is 0.904. The van der Waals surface area contributed by atoms with Gasteiger partial charge in [-0.25, -0.2) is 0 Å². The molecule has 0 aromatic rings. The molecule has 15 unspecified atom stereocenters. The lowest BCUT2D eigenvalue weighted by atomic mass is 9.79. The Bertz CT molecular complexity index is 2580. The van der Waals surface area contributed by atoms with E-state index in [1.165, 1.54) is 0 Å². The molecule has 30 nitrogen and oxygen atoms in total. The first-order valence-corrected chi connectivity index (χ1v) is 42.6. The number of unbranched alkanes of at least 4 members (excludes halogenated alkanes) is 14. The quantitative estimate of drug-likeness (QED) is 0.0321. The van der Waals surface area contributed by atoms with E-state index < -0.39 is 123 Å². The van der Waals surface area contributed by atoms with E-state index in [-0.39, 0.29) is 169 Å². The summed E-state index contributed by atoms with van der Waals surface area (Å²) in [5.74, 6) is -1.88. The van der Waals surface area contributed by atoms with E-state index in [0.717, 1.165) is 44.9 Å². The third-order valence-electron chi connectivity index (χ3n) is 22.1. The summed E-state index contributed by atoms with van der Waals surface area (Å²) in [6, 6.07) is -0.136. The van der Waals surface area contributed by atoms with Crippen molar-refractivity contribution < 1.29 is 132 Å². The maximum Gasteiger partial charge on any atom is 0.222 e. The Hall–Kier alpha value is -4.00. The summed E-state index contributed by atoms with van der Waals surface area (Å²) in [5, 5.41) is 106. The van der Waals surface area contributed by atoms with E-state index in [1.54, 1.807) is 25.7 Å². The van der Waals surface area contributed by atoms with Gasteiger partial charge in [0.05, 0.1) is 88.9 Å². The van der Waals surface area contributed by atoms with Gasteiger partial charge >= 0.3 is 0 Å².